The number of benzene rings is 13. The molecule has 0 spiro atoms. The Balaban J connectivity index is 1.10. The van der Waals surface area contributed by atoms with Crippen LogP contribution in [0.2, 0.25) is 0 Å². The van der Waals surface area contributed by atoms with Gasteiger partial charge in [0.1, 0.15) is 0 Å². The summed E-state index contributed by atoms with van der Waals surface area (Å²) in [4.78, 5) is 17.5. The lowest BCUT2D eigenvalue weighted by atomic mass is 9.33. The zero-order chi connectivity index (χ0) is 83.6. The van der Waals surface area contributed by atoms with Crippen molar-refractivity contribution >= 4 is 62.8 Å². The molecule has 2 aromatic heterocycles. The van der Waals surface area contributed by atoms with E-state index < -0.39 is 6.71 Å². The second-order valence-electron chi connectivity index (χ2n) is 37.0. The van der Waals surface area contributed by atoms with E-state index in [1.165, 1.54) is 38.9 Å². The molecule has 0 saturated carbocycles. The standard InChI is InChI=1S/C116H103BN4/c1-15-16-40-76(2)102-55-38-57-104(118-102)98-75-99(105-58-39-56-103(119-105)83-53-36-23-37-54-83)112-108-111(98)120(109-94(79-45-28-19-29-46-79)67-88(77-41-24-17-25-42-77)68-95(109)80-47-30-20-31-48-80)106-71-84(86-63-90(113(3,4)5)73-91(64-86)114(6,7)8)59-61-100(106)117(108)101-62-60-85(87-65-92(115(9,10)11)74-93(66-87)116(12,13)14)72-107(101)121(112)110-96(81-49-32-21-33-50-81)69-89(78-43-26-18-27-44-78)70-97(110)82-51-34-22-35-52-82/h15-63,65-75,86H,1-2,64H2,3-14H3/b40-16-. The maximum absolute atomic E-state index is 6.04. The highest BCUT2D eigenvalue weighted by molar-refractivity contribution is 7.00. The minimum atomic E-state index is -0.439. The number of aromatic nitrogens is 2. The smallest absolute Gasteiger partial charge is 0.252 e. The van der Waals surface area contributed by atoms with Gasteiger partial charge in [0.15, 0.2) is 0 Å². The van der Waals surface area contributed by atoms with Crippen LogP contribution in [0.15, 0.2) is 388 Å². The van der Waals surface area contributed by atoms with Gasteiger partial charge in [-0.3, -0.25) is 0 Å². The predicted octanol–water partition coefficient (Wildman–Crippen LogP) is 30.0. The third kappa shape index (κ3) is 15.2. The molecule has 13 aromatic carbocycles. The molecule has 1 unspecified atom stereocenters. The molecule has 15 aromatic rings. The zero-order valence-electron chi connectivity index (χ0n) is 71.7. The highest BCUT2D eigenvalue weighted by Crippen LogP contribution is 2.59. The molecule has 0 fully saturated rings. The van der Waals surface area contributed by atoms with Crippen molar-refractivity contribution in [3.8, 4) is 112 Å². The molecule has 0 saturated heterocycles. The average molecular weight is 1560 g/mol. The van der Waals surface area contributed by atoms with Crippen molar-refractivity contribution in [2.45, 2.75) is 106 Å². The van der Waals surface area contributed by atoms with Crippen molar-refractivity contribution < 1.29 is 0 Å². The van der Waals surface area contributed by atoms with Crippen LogP contribution in [0.5, 0.6) is 0 Å². The molecule has 590 valence electrons. The van der Waals surface area contributed by atoms with Crippen molar-refractivity contribution in [1.82, 2.24) is 9.97 Å². The molecule has 2 aliphatic heterocycles. The summed E-state index contributed by atoms with van der Waals surface area (Å²) in [6.45, 7) is 36.8. The number of anilines is 6. The Morgan fingerprint density at radius 1 is 0.347 bits per heavy atom. The van der Waals surface area contributed by atoms with Gasteiger partial charge in [0.2, 0.25) is 0 Å². The van der Waals surface area contributed by atoms with Gasteiger partial charge in [0.25, 0.3) is 6.71 Å². The normalized spacial score (nSPS) is 13.9. The van der Waals surface area contributed by atoms with E-state index in [0.717, 1.165) is 169 Å². The van der Waals surface area contributed by atoms with E-state index in [-0.39, 0.29) is 27.6 Å². The number of hydrogen-bond donors (Lipinski definition) is 0. The molecule has 4 heterocycles. The van der Waals surface area contributed by atoms with E-state index in [4.69, 9.17) is 16.5 Å². The van der Waals surface area contributed by atoms with Crippen molar-refractivity contribution in [2.24, 2.45) is 10.8 Å². The van der Waals surface area contributed by atoms with Gasteiger partial charge in [-0.25, -0.2) is 9.97 Å². The van der Waals surface area contributed by atoms with E-state index in [9.17, 15) is 0 Å². The topological polar surface area (TPSA) is 32.3 Å². The van der Waals surface area contributed by atoms with Gasteiger partial charge < -0.3 is 9.80 Å². The van der Waals surface area contributed by atoms with Gasteiger partial charge in [-0.2, -0.15) is 0 Å². The quantitative estimate of drug-likeness (QED) is 0.0713. The summed E-state index contributed by atoms with van der Waals surface area (Å²) in [6, 6.07) is 125. The molecule has 0 radical (unpaired) electrons. The lowest BCUT2D eigenvalue weighted by Crippen LogP contribution is -2.61. The first-order valence-electron chi connectivity index (χ1n) is 42.8. The second-order valence-corrected chi connectivity index (χ2v) is 37.0. The van der Waals surface area contributed by atoms with Crippen molar-refractivity contribution in [3.05, 3.63) is 411 Å². The third-order valence-electron chi connectivity index (χ3n) is 24.7. The zero-order valence-corrected chi connectivity index (χ0v) is 71.7. The van der Waals surface area contributed by atoms with Crippen molar-refractivity contribution in [2.75, 3.05) is 9.80 Å². The molecule has 1 atom stereocenters. The minimum Gasteiger partial charge on any atom is -0.309 e. The van der Waals surface area contributed by atoms with Crippen LogP contribution in [-0.4, -0.2) is 16.7 Å². The molecule has 0 bridgehead atoms. The molecule has 18 rings (SSSR count). The summed E-state index contributed by atoms with van der Waals surface area (Å²) >= 11 is 0. The number of hydrogen-bond acceptors (Lipinski definition) is 4. The van der Waals surface area contributed by atoms with Gasteiger partial charge in [-0.15, -0.1) is 0 Å². The molecular formula is C116H103BN4. The van der Waals surface area contributed by atoms with Crippen LogP contribution in [-0.2, 0) is 10.8 Å². The Morgan fingerprint density at radius 3 is 1.19 bits per heavy atom. The van der Waals surface area contributed by atoms with Crippen molar-refractivity contribution in [3.63, 3.8) is 0 Å². The summed E-state index contributed by atoms with van der Waals surface area (Å²) in [6.07, 6.45) is 11.8. The highest BCUT2D eigenvalue weighted by atomic mass is 15.2. The lowest BCUT2D eigenvalue weighted by molar-refractivity contribution is 0.454. The Kier molecular flexibility index (Phi) is 20.6. The fourth-order valence-corrected chi connectivity index (χ4v) is 18.2. The molecular weight excluding hydrogens is 1460 g/mol. The first-order valence-corrected chi connectivity index (χ1v) is 42.8. The second kappa shape index (κ2) is 31.7. The summed E-state index contributed by atoms with van der Waals surface area (Å²) < 4.78 is 0. The van der Waals surface area contributed by atoms with Gasteiger partial charge in [0.05, 0.1) is 45.5 Å². The fourth-order valence-electron chi connectivity index (χ4n) is 18.2. The molecule has 121 heavy (non-hydrogen) atoms. The highest BCUT2D eigenvalue weighted by Gasteiger charge is 2.49. The molecule has 5 heteroatoms. The average Bonchev–Trinajstić information content (AvgIpc) is 0.676. The Bertz CT molecular complexity index is 6430. The van der Waals surface area contributed by atoms with E-state index in [2.05, 4.69) is 445 Å². The van der Waals surface area contributed by atoms with Gasteiger partial charge in [0, 0.05) is 56.2 Å². The monoisotopic (exact) mass is 1560 g/mol. The van der Waals surface area contributed by atoms with Crippen LogP contribution < -0.4 is 26.2 Å². The van der Waals surface area contributed by atoms with Gasteiger partial charge in [-0.05, 0) is 195 Å². The summed E-state index contributed by atoms with van der Waals surface area (Å²) in [5.74, 6) is 0.0308. The SMILES string of the molecule is C=C/C=C\C(=C)c1cccc(-c2cc(-c3cccc(-c4ccccc4)n3)c3c4c2N(c2c(-c5ccccc5)cc(-c5ccccc5)cc2-c2ccccc2)c2cc(C5C=C(C(C)(C)C)C=C(C(C)(C)C)C5)ccc2B4c2ccc(-c4cc(C(C)(C)C)cc(C(C)(C)C)c4)cc2N3c2c(-c3ccccc3)cc(-c3ccccc3)cc2-c2ccccc2)n1. The molecule has 0 N–H and O–H groups in total. The Morgan fingerprint density at radius 2 is 0.752 bits per heavy atom. The van der Waals surface area contributed by atoms with Gasteiger partial charge in [-0.1, -0.05) is 399 Å². The van der Waals surface area contributed by atoms with Crippen molar-refractivity contribution in [1.29, 1.82) is 0 Å². The van der Waals surface area contributed by atoms with E-state index in [1.54, 1.807) is 6.08 Å². The largest absolute Gasteiger partial charge is 0.309 e. The molecule has 0 amide bonds. The molecule has 1 aliphatic carbocycles. The summed E-state index contributed by atoms with van der Waals surface area (Å²) in [5.41, 5.74) is 38.0. The van der Waals surface area contributed by atoms with E-state index in [1.807, 2.05) is 12.2 Å². The maximum atomic E-state index is 6.04. The fraction of sp³-hybridized carbons (Fsp3) is 0.155. The number of pyridine rings is 2. The maximum Gasteiger partial charge on any atom is 0.252 e. The third-order valence-corrected chi connectivity index (χ3v) is 24.7. The Hall–Kier alpha value is -13.5. The van der Waals surface area contributed by atoms with E-state index >= 15 is 0 Å². The van der Waals surface area contributed by atoms with Crippen LogP contribution in [0, 0.1) is 10.8 Å². The van der Waals surface area contributed by atoms with Crippen LogP contribution in [0.25, 0.3) is 117 Å². The molecule has 4 nitrogen and oxygen atoms in total. The first kappa shape index (κ1) is 78.7. The van der Waals surface area contributed by atoms with Crippen LogP contribution in [0.3, 0.4) is 0 Å². The van der Waals surface area contributed by atoms with Gasteiger partial charge >= 0.3 is 0 Å². The van der Waals surface area contributed by atoms with Crippen LogP contribution in [0.1, 0.15) is 118 Å². The number of rotatable bonds is 16. The Labute approximate surface area is 717 Å². The number of allylic oxidation sites excluding steroid dienone is 8. The number of nitrogens with zero attached hydrogens (tertiary/aromatic N) is 4. The number of fused-ring (bicyclic) bond motifs is 4. The minimum absolute atomic E-state index is 0.0308. The lowest BCUT2D eigenvalue weighted by Gasteiger charge is -2.47. The summed E-state index contributed by atoms with van der Waals surface area (Å²) in [5, 5.41) is 0. The van der Waals surface area contributed by atoms with E-state index in [0.29, 0.717) is 0 Å². The summed E-state index contributed by atoms with van der Waals surface area (Å²) in [7, 11) is 0. The first-order chi connectivity index (χ1) is 58.4. The van der Waals surface area contributed by atoms with Crippen LogP contribution >= 0.6 is 0 Å². The predicted molar refractivity (Wildman–Crippen MR) is 519 cm³/mol. The van der Waals surface area contributed by atoms with Crippen LogP contribution in [0.4, 0.5) is 34.1 Å². The molecule has 3 aliphatic rings.